The van der Waals surface area contributed by atoms with Gasteiger partial charge in [0.25, 0.3) is 5.91 Å². The third-order valence-electron chi connectivity index (χ3n) is 7.19. The molecule has 2 aromatic carbocycles. The summed E-state index contributed by atoms with van der Waals surface area (Å²) in [5, 5.41) is 2.91. The lowest BCUT2D eigenvalue weighted by atomic mass is 9.72. The molecule has 3 aliphatic rings. The van der Waals surface area contributed by atoms with Crippen molar-refractivity contribution < 1.29 is 19.1 Å². The number of nitrogens with one attached hydrogen (secondary N) is 1. The van der Waals surface area contributed by atoms with Gasteiger partial charge in [-0.15, -0.1) is 0 Å². The SMILES string of the molecule is CCOC(=O)[C@H]1CN(C(=O)Nc2ccccc2)[C@]2(C)C(=O)N(CC3CC3)c3ccccc3[C@H]12. The molecular weight excluding hydrogens is 418 g/mol. The summed E-state index contributed by atoms with van der Waals surface area (Å²) in [5.41, 5.74) is 1.21. The Kier molecular flexibility index (Phi) is 5.35. The van der Waals surface area contributed by atoms with Crippen LogP contribution < -0.4 is 10.2 Å². The van der Waals surface area contributed by atoms with Crippen molar-refractivity contribution in [2.24, 2.45) is 11.8 Å². The maximum atomic E-state index is 14.1. The summed E-state index contributed by atoms with van der Waals surface area (Å²) in [4.78, 5) is 44.0. The van der Waals surface area contributed by atoms with E-state index in [1.54, 1.807) is 30.9 Å². The lowest BCUT2D eigenvalue weighted by Gasteiger charge is -2.46. The Morgan fingerprint density at radius 2 is 1.79 bits per heavy atom. The number of esters is 1. The highest BCUT2D eigenvalue weighted by Gasteiger charge is 2.64. The van der Waals surface area contributed by atoms with Crippen LogP contribution in [0.25, 0.3) is 0 Å². The van der Waals surface area contributed by atoms with Gasteiger partial charge in [-0.2, -0.15) is 0 Å². The fourth-order valence-corrected chi connectivity index (χ4v) is 5.40. The lowest BCUT2D eigenvalue weighted by molar-refractivity contribution is -0.148. The number of rotatable bonds is 5. The first kappa shape index (κ1) is 21.5. The monoisotopic (exact) mass is 447 g/mol. The van der Waals surface area contributed by atoms with Gasteiger partial charge in [0.2, 0.25) is 0 Å². The number of nitrogens with zero attached hydrogens (tertiary/aromatic N) is 2. The summed E-state index contributed by atoms with van der Waals surface area (Å²) < 4.78 is 5.40. The van der Waals surface area contributed by atoms with Gasteiger partial charge in [-0.3, -0.25) is 9.59 Å². The quantitative estimate of drug-likeness (QED) is 0.703. The van der Waals surface area contributed by atoms with Crippen molar-refractivity contribution in [3.8, 4) is 0 Å². The van der Waals surface area contributed by atoms with E-state index in [9.17, 15) is 14.4 Å². The van der Waals surface area contributed by atoms with E-state index >= 15 is 0 Å². The predicted octanol–water partition coefficient (Wildman–Crippen LogP) is 4.01. The number of hydrogen-bond acceptors (Lipinski definition) is 4. The number of carbonyl (C=O) groups excluding carboxylic acids is 3. The Balaban J connectivity index is 1.59. The fraction of sp³-hybridized carbons (Fsp3) is 0.423. The molecule has 2 aromatic rings. The predicted molar refractivity (Wildman–Crippen MR) is 125 cm³/mol. The molecule has 1 N–H and O–H groups in total. The van der Waals surface area contributed by atoms with Crippen LogP contribution in [0.15, 0.2) is 54.6 Å². The van der Waals surface area contributed by atoms with Crippen LogP contribution in [0, 0.1) is 11.8 Å². The number of carbonyl (C=O) groups is 3. The smallest absolute Gasteiger partial charge is 0.322 e. The number of anilines is 2. The van der Waals surface area contributed by atoms with E-state index in [0.717, 1.165) is 24.1 Å². The van der Waals surface area contributed by atoms with Gasteiger partial charge >= 0.3 is 12.0 Å². The molecule has 7 heteroatoms. The van der Waals surface area contributed by atoms with Gasteiger partial charge in [0.1, 0.15) is 5.54 Å². The molecular formula is C26H29N3O4. The van der Waals surface area contributed by atoms with Crippen molar-refractivity contribution in [3.63, 3.8) is 0 Å². The second-order valence-electron chi connectivity index (χ2n) is 9.31. The average molecular weight is 448 g/mol. The van der Waals surface area contributed by atoms with Gasteiger partial charge in [0, 0.05) is 30.4 Å². The standard InChI is InChI=1S/C26H29N3O4/c1-3-33-23(30)20-16-29(25(32)27-18-9-5-4-6-10-18)26(2)22(20)19-11-7-8-12-21(19)28(24(26)31)15-17-13-14-17/h4-12,17,20,22H,3,13-16H2,1-2H3,(H,27,32)/t20-,22+,26-/m0/s1. The third kappa shape index (κ3) is 3.56. The molecule has 1 saturated carbocycles. The number of para-hydroxylation sites is 2. The Morgan fingerprint density at radius 1 is 1.09 bits per heavy atom. The normalized spacial score (nSPS) is 25.9. The van der Waals surface area contributed by atoms with Crippen molar-refractivity contribution in [1.29, 1.82) is 0 Å². The highest BCUT2D eigenvalue weighted by atomic mass is 16.5. The molecule has 5 rings (SSSR count). The van der Waals surface area contributed by atoms with Crippen LogP contribution in [-0.2, 0) is 14.3 Å². The Hall–Kier alpha value is -3.35. The Labute approximate surface area is 193 Å². The molecule has 0 aromatic heterocycles. The average Bonchev–Trinajstić information content (AvgIpc) is 3.58. The molecule has 2 heterocycles. The van der Waals surface area contributed by atoms with Crippen molar-refractivity contribution in [2.45, 2.75) is 38.1 Å². The number of urea groups is 1. The minimum absolute atomic E-state index is 0.121. The van der Waals surface area contributed by atoms with E-state index in [1.165, 1.54) is 0 Å². The summed E-state index contributed by atoms with van der Waals surface area (Å²) in [6.45, 7) is 4.58. The topological polar surface area (TPSA) is 79.0 Å². The third-order valence-corrected chi connectivity index (χ3v) is 7.19. The van der Waals surface area contributed by atoms with Gasteiger partial charge in [0.15, 0.2) is 0 Å². The minimum Gasteiger partial charge on any atom is -0.466 e. The summed E-state index contributed by atoms with van der Waals surface area (Å²) in [7, 11) is 0. The molecule has 1 saturated heterocycles. The summed E-state index contributed by atoms with van der Waals surface area (Å²) >= 11 is 0. The second kappa shape index (κ2) is 8.21. The molecule has 7 nitrogen and oxygen atoms in total. The van der Waals surface area contributed by atoms with E-state index in [0.29, 0.717) is 18.2 Å². The Morgan fingerprint density at radius 3 is 2.48 bits per heavy atom. The molecule has 3 atom stereocenters. The molecule has 33 heavy (non-hydrogen) atoms. The molecule has 2 fully saturated rings. The molecule has 2 aliphatic heterocycles. The molecule has 1 aliphatic carbocycles. The van der Waals surface area contributed by atoms with Gasteiger partial charge < -0.3 is 19.9 Å². The number of benzene rings is 2. The number of amides is 3. The zero-order valence-corrected chi connectivity index (χ0v) is 19.0. The summed E-state index contributed by atoms with van der Waals surface area (Å²) in [5.74, 6) is -1.12. The van der Waals surface area contributed by atoms with Crippen LogP contribution in [0.4, 0.5) is 16.2 Å². The number of hydrogen-bond donors (Lipinski definition) is 1. The van der Waals surface area contributed by atoms with Crippen LogP contribution >= 0.6 is 0 Å². The van der Waals surface area contributed by atoms with E-state index in [-0.39, 0.29) is 31.1 Å². The number of fused-ring (bicyclic) bond motifs is 3. The zero-order chi connectivity index (χ0) is 23.2. The molecule has 0 bridgehead atoms. The first-order chi connectivity index (χ1) is 15.9. The van der Waals surface area contributed by atoms with E-state index in [2.05, 4.69) is 5.32 Å². The first-order valence-electron chi connectivity index (χ1n) is 11.7. The van der Waals surface area contributed by atoms with Crippen molar-refractivity contribution >= 4 is 29.3 Å². The molecule has 0 unspecified atom stereocenters. The highest BCUT2D eigenvalue weighted by Crippen LogP contribution is 2.54. The summed E-state index contributed by atoms with van der Waals surface area (Å²) in [6, 6.07) is 16.5. The number of ether oxygens (including phenoxy) is 1. The van der Waals surface area contributed by atoms with Gasteiger partial charge in [-0.05, 0) is 56.4 Å². The van der Waals surface area contributed by atoms with Gasteiger partial charge in [-0.25, -0.2) is 4.79 Å². The summed E-state index contributed by atoms with van der Waals surface area (Å²) in [6.07, 6.45) is 2.21. The molecule has 3 amide bonds. The van der Waals surface area contributed by atoms with Crippen molar-refractivity contribution in [2.75, 3.05) is 29.9 Å². The highest BCUT2D eigenvalue weighted by molar-refractivity contribution is 6.08. The largest absolute Gasteiger partial charge is 0.466 e. The van der Waals surface area contributed by atoms with Crippen LogP contribution in [0.5, 0.6) is 0 Å². The van der Waals surface area contributed by atoms with Crippen molar-refractivity contribution in [1.82, 2.24) is 4.90 Å². The maximum Gasteiger partial charge on any atom is 0.322 e. The minimum atomic E-state index is -1.19. The van der Waals surface area contributed by atoms with Crippen LogP contribution in [-0.4, -0.2) is 48.0 Å². The molecule has 0 spiro atoms. The maximum absolute atomic E-state index is 14.1. The Bertz CT molecular complexity index is 1080. The first-order valence-corrected chi connectivity index (χ1v) is 11.7. The van der Waals surface area contributed by atoms with E-state index in [4.69, 9.17) is 4.74 Å². The molecule has 172 valence electrons. The van der Waals surface area contributed by atoms with E-state index < -0.39 is 17.4 Å². The van der Waals surface area contributed by atoms with E-state index in [1.807, 2.05) is 47.4 Å². The molecule has 0 radical (unpaired) electrons. The lowest BCUT2D eigenvalue weighted by Crippen LogP contribution is -2.62. The van der Waals surface area contributed by atoms with Gasteiger partial charge in [0.05, 0.1) is 12.5 Å². The van der Waals surface area contributed by atoms with Crippen LogP contribution in [0.2, 0.25) is 0 Å². The number of likely N-dealkylation sites (tertiary alicyclic amines) is 1. The van der Waals surface area contributed by atoms with Crippen molar-refractivity contribution in [3.05, 3.63) is 60.2 Å². The second-order valence-corrected chi connectivity index (χ2v) is 9.31. The van der Waals surface area contributed by atoms with Crippen LogP contribution in [0.3, 0.4) is 0 Å². The van der Waals surface area contributed by atoms with Crippen LogP contribution in [0.1, 0.15) is 38.2 Å². The fourth-order valence-electron chi connectivity index (χ4n) is 5.40. The van der Waals surface area contributed by atoms with Gasteiger partial charge in [-0.1, -0.05) is 36.4 Å². The zero-order valence-electron chi connectivity index (χ0n) is 19.0.